The molecule has 2 aliphatic rings. The summed E-state index contributed by atoms with van der Waals surface area (Å²) >= 11 is 0. The van der Waals surface area contributed by atoms with Crippen LogP contribution in [0.25, 0.3) is 11.4 Å². The van der Waals surface area contributed by atoms with E-state index in [9.17, 15) is 8.42 Å². The van der Waals surface area contributed by atoms with Crippen LogP contribution >= 0.6 is 0 Å². The van der Waals surface area contributed by atoms with E-state index in [-0.39, 0.29) is 6.04 Å². The van der Waals surface area contributed by atoms with Gasteiger partial charge in [-0.3, -0.25) is 0 Å². The van der Waals surface area contributed by atoms with Crippen molar-refractivity contribution in [3.63, 3.8) is 0 Å². The van der Waals surface area contributed by atoms with Gasteiger partial charge in [-0.2, -0.15) is 0 Å². The van der Waals surface area contributed by atoms with Crippen LogP contribution in [0, 0.1) is 0 Å². The third-order valence-corrected chi connectivity index (χ3v) is 8.06. The van der Waals surface area contributed by atoms with Gasteiger partial charge in [0.1, 0.15) is 10.6 Å². The second-order valence-electron chi connectivity index (χ2n) is 8.05. The Morgan fingerprint density at radius 1 is 1.10 bits per heavy atom. The van der Waals surface area contributed by atoms with Crippen molar-refractivity contribution < 1.29 is 17.9 Å². The number of ether oxygens (including phenoxy) is 2. The maximum Gasteiger partial charge on any atom is 0.161 e. The SMILES string of the molecule is C[C@H]1COCCN1c1cc(C2(S(C)(=O)=O)CCOCC2)nc(-c2ccc(N)cc2)n1. The van der Waals surface area contributed by atoms with Gasteiger partial charge in [-0.15, -0.1) is 0 Å². The van der Waals surface area contributed by atoms with Gasteiger partial charge in [0.25, 0.3) is 0 Å². The molecule has 0 bridgehead atoms. The molecule has 1 aromatic heterocycles. The van der Waals surface area contributed by atoms with Crippen LogP contribution in [-0.4, -0.2) is 63.7 Å². The summed E-state index contributed by atoms with van der Waals surface area (Å²) in [5.41, 5.74) is 7.81. The number of hydrogen-bond donors (Lipinski definition) is 1. The van der Waals surface area contributed by atoms with Crippen molar-refractivity contribution in [2.24, 2.45) is 0 Å². The van der Waals surface area contributed by atoms with Crippen molar-refractivity contribution in [1.29, 1.82) is 0 Å². The third kappa shape index (κ3) is 3.89. The number of sulfone groups is 1. The molecule has 0 radical (unpaired) electrons. The molecular weight excluding hydrogens is 404 g/mol. The highest BCUT2D eigenvalue weighted by atomic mass is 32.2. The molecule has 9 heteroatoms. The van der Waals surface area contributed by atoms with E-state index in [0.717, 1.165) is 11.4 Å². The fourth-order valence-corrected chi connectivity index (χ4v) is 5.55. The molecule has 2 N–H and O–H groups in total. The number of nitrogens with zero attached hydrogens (tertiary/aromatic N) is 3. The first kappa shape index (κ1) is 21.0. The molecule has 0 unspecified atom stereocenters. The summed E-state index contributed by atoms with van der Waals surface area (Å²) in [6.07, 6.45) is 2.05. The zero-order valence-electron chi connectivity index (χ0n) is 17.4. The van der Waals surface area contributed by atoms with E-state index in [4.69, 9.17) is 25.2 Å². The van der Waals surface area contributed by atoms with Crippen LogP contribution in [0.3, 0.4) is 0 Å². The van der Waals surface area contributed by atoms with Crippen molar-refractivity contribution in [2.45, 2.75) is 30.6 Å². The molecule has 8 nitrogen and oxygen atoms in total. The van der Waals surface area contributed by atoms with Gasteiger partial charge < -0.3 is 20.1 Å². The molecule has 1 atom stereocenters. The average molecular weight is 433 g/mol. The Balaban J connectivity index is 1.89. The summed E-state index contributed by atoms with van der Waals surface area (Å²) in [7, 11) is -3.44. The first-order valence-corrected chi connectivity index (χ1v) is 12.1. The highest BCUT2D eigenvalue weighted by molar-refractivity contribution is 7.91. The third-order valence-electron chi connectivity index (χ3n) is 6.02. The zero-order valence-corrected chi connectivity index (χ0v) is 18.2. The summed E-state index contributed by atoms with van der Waals surface area (Å²) in [6, 6.07) is 9.28. The Labute approximate surface area is 177 Å². The lowest BCUT2D eigenvalue weighted by Crippen LogP contribution is -2.45. The minimum atomic E-state index is -3.44. The monoisotopic (exact) mass is 432 g/mol. The van der Waals surface area contributed by atoms with Crippen LogP contribution < -0.4 is 10.6 Å². The molecule has 1 aromatic carbocycles. The van der Waals surface area contributed by atoms with E-state index >= 15 is 0 Å². The Bertz CT molecular complexity index is 1000. The van der Waals surface area contributed by atoms with E-state index in [1.54, 1.807) is 12.1 Å². The van der Waals surface area contributed by atoms with Crippen molar-refractivity contribution in [1.82, 2.24) is 9.97 Å². The fraction of sp³-hybridized carbons (Fsp3) is 0.524. The smallest absolute Gasteiger partial charge is 0.161 e. The Morgan fingerprint density at radius 2 is 1.80 bits per heavy atom. The first-order chi connectivity index (χ1) is 14.3. The quantitative estimate of drug-likeness (QED) is 0.731. The van der Waals surface area contributed by atoms with Crippen molar-refractivity contribution >= 4 is 21.3 Å². The molecule has 0 spiro atoms. The summed E-state index contributed by atoms with van der Waals surface area (Å²) < 4.78 is 35.9. The van der Waals surface area contributed by atoms with Crippen LogP contribution in [0.1, 0.15) is 25.5 Å². The number of rotatable bonds is 4. The van der Waals surface area contributed by atoms with E-state index < -0.39 is 14.6 Å². The zero-order chi connectivity index (χ0) is 21.4. The standard InChI is InChI=1S/C21H28N4O4S/c1-15-14-29-12-9-25(15)19-13-18(21(30(2,26)27)7-10-28-11-8-21)23-20(24-19)16-3-5-17(22)6-4-16/h3-6,13,15H,7-12,14,22H2,1-2H3/t15-/m0/s1. The average Bonchev–Trinajstić information content (AvgIpc) is 2.74. The maximum absolute atomic E-state index is 13.0. The molecule has 162 valence electrons. The van der Waals surface area contributed by atoms with E-state index in [0.29, 0.717) is 63.0 Å². The lowest BCUT2D eigenvalue weighted by atomic mass is 9.94. The summed E-state index contributed by atoms with van der Waals surface area (Å²) in [5.74, 6) is 1.22. The van der Waals surface area contributed by atoms with Gasteiger partial charge >= 0.3 is 0 Å². The van der Waals surface area contributed by atoms with E-state index in [1.807, 2.05) is 18.2 Å². The van der Waals surface area contributed by atoms with Gasteiger partial charge in [-0.05, 0) is 44.0 Å². The molecule has 2 aliphatic heterocycles. The number of nitrogen functional groups attached to an aromatic ring is 1. The fourth-order valence-electron chi connectivity index (χ4n) is 4.16. The Morgan fingerprint density at radius 3 is 2.43 bits per heavy atom. The highest BCUT2D eigenvalue weighted by Crippen LogP contribution is 2.40. The van der Waals surface area contributed by atoms with Gasteiger partial charge in [-0.25, -0.2) is 18.4 Å². The van der Waals surface area contributed by atoms with Crippen LogP contribution in [0.2, 0.25) is 0 Å². The molecule has 3 heterocycles. The topological polar surface area (TPSA) is 108 Å². The van der Waals surface area contributed by atoms with E-state index in [2.05, 4.69) is 11.8 Å². The lowest BCUT2D eigenvalue weighted by Gasteiger charge is -2.37. The Kier molecular flexibility index (Phi) is 5.69. The highest BCUT2D eigenvalue weighted by Gasteiger charge is 2.46. The van der Waals surface area contributed by atoms with Gasteiger partial charge in [-0.1, -0.05) is 0 Å². The van der Waals surface area contributed by atoms with Crippen LogP contribution in [0.15, 0.2) is 30.3 Å². The van der Waals surface area contributed by atoms with Crippen LogP contribution in [-0.2, 0) is 24.1 Å². The van der Waals surface area contributed by atoms with Gasteiger partial charge in [0.05, 0.1) is 24.9 Å². The largest absolute Gasteiger partial charge is 0.399 e. The van der Waals surface area contributed by atoms with Crippen molar-refractivity contribution in [3.8, 4) is 11.4 Å². The normalized spacial score (nSPS) is 22.1. The molecule has 0 amide bonds. The second kappa shape index (κ2) is 8.13. The Hall–Kier alpha value is -2.23. The van der Waals surface area contributed by atoms with Crippen LogP contribution in [0.5, 0.6) is 0 Å². The molecule has 30 heavy (non-hydrogen) atoms. The second-order valence-corrected chi connectivity index (χ2v) is 10.4. The predicted octanol–water partition coefficient (Wildman–Crippen LogP) is 2.00. The van der Waals surface area contributed by atoms with Gasteiger partial charge in [0, 0.05) is 43.3 Å². The maximum atomic E-state index is 13.0. The molecule has 4 rings (SSSR count). The minimum Gasteiger partial charge on any atom is -0.399 e. The molecule has 2 fully saturated rings. The number of hydrogen-bond acceptors (Lipinski definition) is 8. The molecule has 2 saturated heterocycles. The minimum absolute atomic E-state index is 0.129. The molecule has 2 aromatic rings. The first-order valence-electron chi connectivity index (χ1n) is 10.2. The summed E-state index contributed by atoms with van der Waals surface area (Å²) in [4.78, 5) is 11.7. The molecule has 0 saturated carbocycles. The number of anilines is 2. The van der Waals surface area contributed by atoms with E-state index in [1.165, 1.54) is 6.26 Å². The summed E-state index contributed by atoms with van der Waals surface area (Å²) in [5, 5.41) is 0. The van der Waals surface area contributed by atoms with Crippen molar-refractivity contribution in [2.75, 3.05) is 49.9 Å². The molecular formula is C21H28N4O4S. The van der Waals surface area contributed by atoms with Crippen LogP contribution in [0.4, 0.5) is 11.5 Å². The van der Waals surface area contributed by atoms with Gasteiger partial charge in [0.2, 0.25) is 0 Å². The molecule has 0 aliphatic carbocycles. The number of aromatic nitrogens is 2. The number of benzene rings is 1. The number of morpholine rings is 1. The van der Waals surface area contributed by atoms with Crippen molar-refractivity contribution in [3.05, 3.63) is 36.0 Å². The predicted molar refractivity (Wildman–Crippen MR) is 116 cm³/mol. The lowest BCUT2D eigenvalue weighted by molar-refractivity contribution is 0.0731. The number of nitrogens with two attached hydrogens (primary N) is 1. The van der Waals surface area contributed by atoms with Gasteiger partial charge in [0.15, 0.2) is 15.7 Å². The summed E-state index contributed by atoms with van der Waals surface area (Å²) in [6.45, 7) is 4.74.